The fourth-order valence-corrected chi connectivity index (χ4v) is 2.04. The van der Waals surface area contributed by atoms with E-state index in [0.29, 0.717) is 11.7 Å². The molecule has 0 fully saturated rings. The number of pyridine rings is 1. The fraction of sp³-hybridized carbons (Fsp3) is 0.267. The van der Waals surface area contributed by atoms with Crippen LogP contribution in [0.2, 0.25) is 0 Å². The van der Waals surface area contributed by atoms with Gasteiger partial charge in [-0.1, -0.05) is 38.1 Å². The molecule has 1 aromatic carbocycles. The minimum absolute atomic E-state index is 0.170. The van der Waals surface area contributed by atoms with Gasteiger partial charge in [-0.05, 0) is 35.1 Å². The minimum Gasteiger partial charge on any atom is -0.385 e. The Morgan fingerprint density at radius 3 is 2.33 bits per heavy atom. The minimum atomic E-state index is -0.170. The normalized spacial score (nSPS) is 10.8. The van der Waals surface area contributed by atoms with E-state index in [4.69, 9.17) is 5.73 Å². The molecule has 0 atom stereocenters. The number of hydrogen-bond acceptors (Lipinski definition) is 2. The Bertz CT molecular complexity index is 582. The second kappa shape index (κ2) is 5.08. The first-order valence-electron chi connectivity index (χ1n) is 6.14. The molecule has 1 heterocycles. The largest absolute Gasteiger partial charge is 0.385 e. The average molecular weight is 242 g/mol. The van der Waals surface area contributed by atoms with E-state index in [-0.39, 0.29) is 5.56 Å². The van der Waals surface area contributed by atoms with Crippen molar-refractivity contribution < 1.29 is 0 Å². The molecule has 0 amide bonds. The zero-order chi connectivity index (χ0) is 13.1. The highest BCUT2D eigenvalue weighted by atomic mass is 16.1. The quantitative estimate of drug-likeness (QED) is 0.869. The third-order valence-electron chi connectivity index (χ3n) is 2.80. The van der Waals surface area contributed by atoms with Crippen molar-refractivity contribution in [3.05, 3.63) is 52.3 Å². The summed E-state index contributed by atoms with van der Waals surface area (Å²) < 4.78 is 0. The molecule has 0 unspecified atom stereocenters. The van der Waals surface area contributed by atoms with Gasteiger partial charge in [0.15, 0.2) is 0 Å². The summed E-state index contributed by atoms with van der Waals surface area (Å²) in [5.74, 6) is 1.04. The fourth-order valence-electron chi connectivity index (χ4n) is 2.04. The van der Waals surface area contributed by atoms with Crippen molar-refractivity contribution in [3.8, 4) is 11.1 Å². The average Bonchev–Trinajstić information content (AvgIpc) is 2.27. The number of nitrogen functional groups attached to an aromatic ring is 1. The molecule has 0 radical (unpaired) electrons. The zero-order valence-electron chi connectivity index (χ0n) is 10.7. The van der Waals surface area contributed by atoms with E-state index in [1.165, 1.54) is 5.56 Å². The van der Waals surface area contributed by atoms with Crippen LogP contribution in [0, 0.1) is 5.92 Å². The molecule has 0 saturated carbocycles. The maximum Gasteiger partial charge on any atom is 0.250 e. The maximum absolute atomic E-state index is 11.4. The van der Waals surface area contributed by atoms with Crippen LogP contribution < -0.4 is 11.3 Å². The van der Waals surface area contributed by atoms with Crippen LogP contribution in [-0.4, -0.2) is 4.98 Å². The van der Waals surface area contributed by atoms with Crippen molar-refractivity contribution in [2.24, 2.45) is 5.92 Å². The lowest BCUT2D eigenvalue weighted by atomic mass is 9.99. The van der Waals surface area contributed by atoms with E-state index < -0.39 is 0 Å². The Balaban J connectivity index is 2.31. The second-order valence-corrected chi connectivity index (χ2v) is 4.98. The molecule has 1 aromatic heterocycles. The zero-order valence-corrected chi connectivity index (χ0v) is 10.7. The molecule has 2 rings (SSSR count). The SMILES string of the molecule is CC(C)Cc1ccc(-c2cc(N)[nH]c(=O)c2)cc1. The summed E-state index contributed by atoms with van der Waals surface area (Å²) in [6, 6.07) is 11.6. The van der Waals surface area contributed by atoms with E-state index in [9.17, 15) is 4.79 Å². The Labute approximate surface area is 107 Å². The molecule has 18 heavy (non-hydrogen) atoms. The lowest BCUT2D eigenvalue weighted by molar-refractivity contribution is 0.647. The monoisotopic (exact) mass is 242 g/mol. The number of nitrogens with one attached hydrogen (secondary N) is 1. The molecule has 0 aliphatic rings. The molecule has 94 valence electrons. The van der Waals surface area contributed by atoms with Crippen LogP contribution in [0.25, 0.3) is 11.1 Å². The van der Waals surface area contributed by atoms with Gasteiger partial charge in [-0.25, -0.2) is 0 Å². The number of H-pyrrole nitrogens is 1. The predicted molar refractivity (Wildman–Crippen MR) is 75.5 cm³/mol. The van der Waals surface area contributed by atoms with Gasteiger partial charge in [0.05, 0.1) is 0 Å². The first-order chi connectivity index (χ1) is 8.54. The Hall–Kier alpha value is -2.03. The van der Waals surface area contributed by atoms with Crippen molar-refractivity contribution >= 4 is 5.82 Å². The number of anilines is 1. The molecule has 2 aromatic rings. The van der Waals surface area contributed by atoms with Gasteiger partial charge in [0.2, 0.25) is 5.56 Å². The standard InChI is InChI=1S/C15H18N2O/c1-10(2)7-11-3-5-12(6-4-11)13-8-14(16)17-15(18)9-13/h3-6,8-10H,7H2,1-2H3,(H3,16,17,18). The lowest BCUT2D eigenvalue weighted by Gasteiger charge is -2.07. The van der Waals surface area contributed by atoms with Crippen molar-refractivity contribution in [2.45, 2.75) is 20.3 Å². The summed E-state index contributed by atoms with van der Waals surface area (Å²) in [4.78, 5) is 13.9. The summed E-state index contributed by atoms with van der Waals surface area (Å²) in [5, 5.41) is 0. The van der Waals surface area contributed by atoms with Gasteiger partial charge in [-0.2, -0.15) is 0 Å². The summed E-state index contributed by atoms with van der Waals surface area (Å²) in [6.45, 7) is 4.40. The number of benzene rings is 1. The van der Waals surface area contributed by atoms with Crippen LogP contribution in [-0.2, 0) is 6.42 Å². The molecular weight excluding hydrogens is 224 g/mol. The van der Waals surface area contributed by atoms with Gasteiger partial charge in [-0.15, -0.1) is 0 Å². The maximum atomic E-state index is 11.4. The van der Waals surface area contributed by atoms with Gasteiger partial charge in [0.25, 0.3) is 0 Å². The van der Waals surface area contributed by atoms with Crippen molar-refractivity contribution in [1.82, 2.24) is 4.98 Å². The van der Waals surface area contributed by atoms with Crippen LogP contribution in [0.3, 0.4) is 0 Å². The highest BCUT2D eigenvalue weighted by molar-refractivity contribution is 5.65. The molecule has 0 spiro atoms. The van der Waals surface area contributed by atoms with Crippen LogP contribution in [0.4, 0.5) is 5.82 Å². The molecule has 0 aliphatic heterocycles. The summed E-state index contributed by atoms with van der Waals surface area (Å²) >= 11 is 0. The van der Waals surface area contributed by atoms with Crippen molar-refractivity contribution in [1.29, 1.82) is 0 Å². The van der Waals surface area contributed by atoms with Crippen LogP contribution in [0.15, 0.2) is 41.2 Å². The molecule has 0 aliphatic carbocycles. The number of rotatable bonds is 3. The van der Waals surface area contributed by atoms with E-state index >= 15 is 0 Å². The summed E-state index contributed by atoms with van der Waals surface area (Å²) in [5.41, 5.74) is 8.65. The number of aromatic amines is 1. The first kappa shape index (κ1) is 12.4. The summed E-state index contributed by atoms with van der Waals surface area (Å²) in [6.07, 6.45) is 1.07. The van der Waals surface area contributed by atoms with E-state index in [1.807, 2.05) is 12.1 Å². The first-order valence-corrected chi connectivity index (χ1v) is 6.14. The molecule has 0 saturated heterocycles. The Morgan fingerprint density at radius 1 is 1.11 bits per heavy atom. The highest BCUT2D eigenvalue weighted by Gasteiger charge is 2.02. The van der Waals surface area contributed by atoms with Gasteiger partial charge < -0.3 is 10.7 Å². The van der Waals surface area contributed by atoms with Gasteiger partial charge in [0.1, 0.15) is 5.82 Å². The van der Waals surface area contributed by atoms with Gasteiger partial charge in [-0.3, -0.25) is 4.79 Å². The van der Waals surface area contributed by atoms with Gasteiger partial charge >= 0.3 is 0 Å². The molecule has 3 nitrogen and oxygen atoms in total. The van der Waals surface area contributed by atoms with Gasteiger partial charge in [0, 0.05) is 6.07 Å². The lowest BCUT2D eigenvalue weighted by Crippen LogP contribution is -2.07. The molecule has 3 heteroatoms. The number of nitrogens with two attached hydrogens (primary N) is 1. The Morgan fingerprint density at radius 2 is 1.78 bits per heavy atom. The smallest absolute Gasteiger partial charge is 0.250 e. The van der Waals surface area contributed by atoms with Crippen LogP contribution in [0.1, 0.15) is 19.4 Å². The Kier molecular flexibility index (Phi) is 3.51. The van der Waals surface area contributed by atoms with E-state index in [2.05, 4.69) is 31.0 Å². The predicted octanol–water partition coefficient (Wildman–Crippen LogP) is 2.82. The van der Waals surface area contributed by atoms with Crippen LogP contribution in [0.5, 0.6) is 0 Å². The van der Waals surface area contributed by atoms with Crippen molar-refractivity contribution in [2.75, 3.05) is 5.73 Å². The van der Waals surface area contributed by atoms with E-state index in [1.54, 1.807) is 12.1 Å². The number of hydrogen-bond donors (Lipinski definition) is 2. The third-order valence-corrected chi connectivity index (χ3v) is 2.80. The van der Waals surface area contributed by atoms with Crippen molar-refractivity contribution in [3.63, 3.8) is 0 Å². The molecule has 0 bridgehead atoms. The van der Waals surface area contributed by atoms with E-state index in [0.717, 1.165) is 17.5 Å². The molecule has 3 N–H and O–H groups in total. The highest BCUT2D eigenvalue weighted by Crippen LogP contribution is 2.20. The topological polar surface area (TPSA) is 58.9 Å². The molecular formula is C15H18N2O. The second-order valence-electron chi connectivity index (χ2n) is 4.98. The third kappa shape index (κ3) is 3.00. The number of aromatic nitrogens is 1. The van der Waals surface area contributed by atoms with Crippen LogP contribution >= 0.6 is 0 Å². The summed E-state index contributed by atoms with van der Waals surface area (Å²) in [7, 11) is 0.